The summed E-state index contributed by atoms with van der Waals surface area (Å²) in [6, 6.07) is 0. The van der Waals surface area contributed by atoms with Crippen LogP contribution in [0.5, 0.6) is 0 Å². The zero-order valence-corrected chi connectivity index (χ0v) is 14.7. The Labute approximate surface area is 133 Å². The first kappa shape index (κ1) is 15.4. The van der Waals surface area contributed by atoms with Crippen molar-refractivity contribution in [2.24, 2.45) is 24.3 Å². The van der Waals surface area contributed by atoms with Gasteiger partial charge in [-0.1, -0.05) is 11.6 Å². The van der Waals surface area contributed by atoms with E-state index in [0.717, 1.165) is 35.6 Å². The van der Waals surface area contributed by atoms with E-state index in [0.29, 0.717) is 5.41 Å². The molecular formula is C17H28ClN3. The highest BCUT2D eigenvalue weighted by atomic mass is 35.5. The number of rotatable bonds is 4. The quantitative estimate of drug-likeness (QED) is 0.918. The second-order valence-electron chi connectivity index (χ2n) is 8.42. The molecule has 1 N–H and O–H groups in total. The molecule has 3 rings (SSSR count). The molecule has 0 spiro atoms. The van der Waals surface area contributed by atoms with Crippen molar-refractivity contribution in [1.29, 1.82) is 0 Å². The van der Waals surface area contributed by atoms with Crippen molar-refractivity contribution >= 4 is 11.6 Å². The molecule has 0 saturated heterocycles. The zero-order valence-electron chi connectivity index (χ0n) is 14.0. The highest BCUT2D eigenvalue weighted by molar-refractivity contribution is 6.30. The minimum atomic E-state index is 0.174. The molecule has 21 heavy (non-hydrogen) atoms. The Morgan fingerprint density at radius 1 is 1.33 bits per heavy atom. The summed E-state index contributed by atoms with van der Waals surface area (Å²) in [6.07, 6.45) is 5.23. The van der Waals surface area contributed by atoms with Crippen molar-refractivity contribution in [3.8, 4) is 0 Å². The Hall–Kier alpha value is -0.540. The summed E-state index contributed by atoms with van der Waals surface area (Å²) < 4.78 is 1.81. The number of hydrogen-bond acceptors (Lipinski definition) is 2. The van der Waals surface area contributed by atoms with Crippen LogP contribution < -0.4 is 5.32 Å². The Morgan fingerprint density at radius 2 is 1.95 bits per heavy atom. The van der Waals surface area contributed by atoms with Crippen LogP contribution in [0, 0.1) is 24.2 Å². The predicted molar refractivity (Wildman–Crippen MR) is 87.7 cm³/mol. The smallest absolute Gasteiger partial charge is 0.130 e. The molecule has 2 fully saturated rings. The molecule has 0 amide bonds. The fourth-order valence-electron chi connectivity index (χ4n) is 4.06. The number of halogens is 1. The van der Waals surface area contributed by atoms with E-state index in [9.17, 15) is 0 Å². The molecule has 0 bridgehead atoms. The van der Waals surface area contributed by atoms with Crippen LogP contribution in [0.3, 0.4) is 0 Å². The molecule has 1 heterocycles. The summed E-state index contributed by atoms with van der Waals surface area (Å²) in [5.41, 5.74) is 2.90. The average molecular weight is 310 g/mol. The van der Waals surface area contributed by atoms with Gasteiger partial charge >= 0.3 is 0 Å². The summed E-state index contributed by atoms with van der Waals surface area (Å²) in [7, 11) is 1.94. The molecule has 2 atom stereocenters. The van der Waals surface area contributed by atoms with Crippen LogP contribution in [0.25, 0.3) is 0 Å². The number of nitrogens with one attached hydrogen (secondary N) is 1. The van der Waals surface area contributed by atoms with Gasteiger partial charge in [-0.25, -0.2) is 0 Å². The van der Waals surface area contributed by atoms with E-state index in [4.69, 9.17) is 11.6 Å². The van der Waals surface area contributed by atoms with E-state index in [1.54, 1.807) is 0 Å². The van der Waals surface area contributed by atoms with Crippen molar-refractivity contribution in [3.05, 3.63) is 16.4 Å². The van der Waals surface area contributed by atoms with Gasteiger partial charge in [0.25, 0.3) is 0 Å². The highest BCUT2D eigenvalue weighted by Gasteiger charge is 2.53. The number of aryl methyl sites for hydroxylation is 2. The molecule has 0 radical (unpaired) electrons. The fourth-order valence-corrected chi connectivity index (χ4v) is 4.30. The molecule has 2 saturated carbocycles. The first-order valence-corrected chi connectivity index (χ1v) is 8.50. The topological polar surface area (TPSA) is 29.9 Å². The molecule has 118 valence electrons. The second kappa shape index (κ2) is 4.99. The number of hydrogen-bond donors (Lipinski definition) is 1. The lowest BCUT2D eigenvalue weighted by atomic mass is 9.77. The van der Waals surface area contributed by atoms with Crippen LogP contribution >= 0.6 is 11.6 Å². The maximum Gasteiger partial charge on any atom is 0.130 e. The molecule has 4 heteroatoms. The van der Waals surface area contributed by atoms with Gasteiger partial charge in [-0.15, -0.1) is 0 Å². The molecule has 1 aromatic rings. The molecule has 2 aliphatic rings. The maximum absolute atomic E-state index is 6.47. The van der Waals surface area contributed by atoms with Gasteiger partial charge in [0.15, 0.2) is 0 Å². The monoisotopic (exact) mass is 309 g/mol. The van der Waals surface area contributed by atoms with E-state index in [2.05, 4.69) is 38.1 Å². The van der Waals surface area contributed by atoms with Crippen LogP contribution in [0.15, 0.2) is 0 Å². The summed E-state index contributed by atoms with van der Waals surface area (Å²) >= 11 is 6.47. The van der Waals surface area contributed by atoms with Gasteiger partial charge in [-0.2, -0.15) is 5.10 Å². The number of nitrogens with zero attached hydrogens (tertiary/aromatic N) is 2. The largest absolute Gasteiger partial charge is 0.312 e. The van der Waals surface area contributed by atoms with Gasteiger partial charge in [-0.05, 0) is 70.6 Å². The first-order valence-electron chi connectivity index (χ1n) is 8.12. The second-order valence-corrected chi connectivity index (χ2v) is 8.78. The van der Waals surface area contributed by atoms with E-state index in [1.165, 1.54) is 24.8 Å². The molecule has 0 aromatic carbocycles. The lowest BCUT2D eigenvalue weighted by molar-refractivity contribution is 0.222. The standard InChI is InChI=1S/C17H28ClN3/c1-11-14(15(18)21(5)20-11)9-17(10-19-16(2,3)4)7-12-6-13(12)8-17/h12-13,19H,6-10H2,1-5H3. The Bertz CT molecular complexity index is 531. The Morgan fingerprint density at radius 3 is 2.43 bits per heavy atom. The average Bonchev–Trinajstić information content (AvgIpc) is 2.92. The Kier molecular flexibility index (Phi) is 3.65. The molecular weight excluding hydrogens is 282 g/mol. The van der Waals surface area contributed by atoms with Gasteiger partial charge in [-0.3, -0.25) is 4.68 Å². The minimum absolute atomic E-state index is 0.174. The van der Waals surface area contributed by atoms with Gasteiger partial charge < -0.3 is 5.32 Å². The normalized spacial score (nSPS) is 31.5. The van der Waals surface area contributed by atoms with Gasteiger partial charge in [0.05, 0.1) is 5.69 Å². The molecule has 1 aromatic heterocycles. The van der Waals surface area contributed by atoms with E-state index in [1.807, 2.05) is 11.7 Å². The lowest BCUT2D eigenvalue weighted by Crippen LogP contribution is -2.44. The van der Waals surface area contributed by atoms with Crippen LogP contribution in [0.1, 0.15) is 51.3 Å². The number of aromatic nitrogens is 2. The van der Waals surface area contributed by atoms with Crippen LogP contribution in [-0.2, 0) is 13.5 Å². The van der Waals surface area contributed by atoms with Gasteiger partial charge in [0.1, 0.15) is 5.15 Å². The van der Waals surface area contributed by atoms with E-state index in [-0.39, 0.29) is 5.54 Å². The van der Waals surface area contributed by atoms with Crippen LogP contribution in [-0.4, -0.2) is 21.9 Å². The van der Waals surface area contributed by atoms with Crippen molar-refractivity contribution in [2.45, 2.75) is 58.9 Å². The molecule has 2 aliphatic carbocycles. The SMILES string of the molecule is Cc1nn(C)c(Cl)c1CC1(CNC(C)(C)C)CC2CC2C1. The van der Waals surface area contributed by atoms with Crippen molar-refractivity contribution < 1.29 is 0 Å². The van der Waals surface area contributed by atoms with Crippen LogP contribution in [0.4, 0.5) is 0 Å². The van der Waals surface area contributed by atoms with Crippen molar-refractivity contribution in [2.75, 3.05) is 6.54 Å². The third-order valence-corrected chi connectivity index (χ3v) is 5.75. The van der Waals surface area contributed by atoms with Gasteiger partial charge in [0.2, 0.25) is 0 Å². The summed E-state index contributed by atoms with van der Waals surface area (Å²) in [4.78, 5) is 0. The Balaban J connectivity index is 1.80. The zero-order chi connectivity index (χ0) is 15.4. The summed E-state index contributed by atoms with van der Waals surface area (Å²) in [6.45, 7) is 9.92. The summed E-state index contributed by atoms with van der Waals surface area (Å²) in [5.74, 6) is 1.95. The third kappa shape index (κ3) is 3.14. The third-order valence-electron chi connectivity index (χ3n) is 5.27. The predicted octanol–water partition coefficient (Wildman–Crippen LogP) is 3.73. The van der Waals surface area contributed by atoms with Crippen molar-refractivity contribution in [1.82, 2.24) is 15.1 Å². The minimum Gasteiger partial charge on any atom is -0.312 e. The maximum atomic E-state index is 6.47. The molecule has 2 unspecified atom stereocenters. The fraction of sp³-hybridized carbons (Fsp3) is 0.824. The highest BCUT2D eigenvalue weighted by Crippen LogP contribution is 2.61. The first-order chi connectivity index (χ1) is 9.69. The van der Waals surface area contributed by atoms with Crippen molar-refractivity contribution in [3.63, 3.8) is 0 Å². The molecule has 3 nitrogen and oxygen atoms in total. The molecule has 0 aliphatic heterocycles. The lowest BCUT2D eigenvalue weighted by Gasteiger charge is -2.35. The van der Waals surface area contributed by atoms with E-state index >= 15 is 0 Å². The summed E-state index contributed by atoms with van der Waals surface area (Å²) in [5, 5.41) is 9.05. The van der Waals surface area contributed by atoms with E-state index < -0.39 is 0 Å². The van der Waals surface area contributed by atoms with Gasteiger partial charge in [0, 0.05) is 24.7 Å². The number of fused-ring (bicyclic) bond motifs is 1. The van der Waals surface area contributed by atoms with Crippen LogP contribution in [0.2, 0.25) is 5.15 Å².